The Morgan fingerprint density at radius 2 is 1.03 bits per heavy atom. The maximum Gasteiger partial charge on any atom is 0.234 e. The molecule has 0 atom stereocenters. The highest BCUT2D eigenvalue weighted by Crippen LogP contribution is 2.25. The SMILES string of the molecule is CCCCCCCCCCCCCCCCCCC(CO)(CO)N(C=O)OC(C)(C)C. The summed E-state index contributed by atoms with van der Waals surface area (Å²) >= 11 is 0. The van der Waals surface area contributed by atoms with Crippen LogP contribution in [-0.4, -0.2) is 46.0 Å². The molecule has 0 bridgehead atoms. The van der Waals surface area contributed by atoms with Crippen LogP contribution in [0.5, 0.6) is 0 Å². The van der Waals surface area contributed by atoms with Gasteiger partial charge in [0, 0.05) is 0 Å². The van der Waals surface area contributed by atoms with Crippen molar-refractivity contribution in [1.29, 1.82) is 0 Å². The lowest BCUT2D eigenvalue weighted by Crippen LogP contribution is -2.55. The number of carbonyl (C=O) groups is 1. The second-order valence-electron chi connectivity index (χ2n) is 10.2. The standard InChI is InChI=1S/C26H53NO4/c1-5-6-7-8-9-10-11-12-13-14-15-16-17-18-19-20-21-26(22-28,23-29)27(24-30)31-25(2,3)4/h24,28-29H,5-23H2,1-4H3. The van der Waals surface area contributed by atoms with Gasteiger partial charge in [0.1, 0.15) is 5.54 Å². The van der Waals surface area contributed by atoms with E-state index in [0.717, 1.165) is 24.3 Å². The van der Waals surface area contributed by atoms with Crippen LogP contribution in [0.3, 0.4) is 0 Å². The lowest BCUT2D eigenvalue weighted by Gasteiger charge is -2.41. The number of nitrogens with zero attached hydrogens (tertiary/aromatic N) is 1. The normalized spacial score (nSPS) is 12.3. The van der Waals surface area contributed by atoms with Crippen LogP contribution in [-0.2, 0) is 9.63 Å². The Kier molecular flexibility index (Phi) is 18.5. The molecule has 0 aromatic rings. The first-order chi connectivity index (χ1) is 14.8. The van der Waals surface area contributed by atoms with E-state index in [-0.39, 0.29) is 13.2 Å². The molecule has 5 nitrogen and oxygen atoms in total. The van der Waals surface area contributed by atoms with Crippen LogP contribution >= 0.6 is 0 Å². The summed E-state index contributed by atoms with van der Waals surface area (Å²) < 4.78 is 0. The summed E-state index contributed by atoms with van der Waals surface area (Å²) in [6.07, 6.45) is 21.9. The van der Waals surface area contributed by atoms with Gasteiger partial charge < -0.3 is 10.2 Å². The molecule has 186 valence electrons. The second-order valence-corrected chi connectivity index (χ2v) is 10.2. The highest BCUT2D eigenvalue weighted by atomic mass is 16.7. The van der Waals surface area contributed by atoms with Crippen molar-refractivity contribution in [2.75, 3.05) is 13.2 Å². The van der Waals surface area contributed by atoms with Crippen LogP contribution in [0.15, 0.2) is 0 Å². The number of hydrogen-bond acceptors (Lipinski definition) is 4. The highest BCUT2D eigenvalue weighted by Gasteiger charge is 2.38. The van der Waals surface area contributed by atoms with Gasteiger partial charge in [0.2, 0.25) is 6.41 Å². The van der Waals surface area contributed by atoms with Crippen molar-refractivity contribution < 1.29 is 19.8 Å². The van der Waals surface area contributed by atoms with Crippen LogP contribution in [0, 0.1) is 0 Å². The Balaban J connectivity index is 3.78. The van der Waals surface area contributed by atoms with Gasteiger partial charge in [-0.2, -0.15) is 0 Å². The number of unbranched alkanes of at least 4 members (excludes halogenated alkanes) is 15. The maximum atomic E-state index is 11.5. The van der Waals surface area contributed by atoms with E-state index in [4.69, 9.17) is 4.84 Å². The third-order valence-corrected chi connectivity index (χ3v) is 6.02. The van der Waals surface area contributed by atoms with Crippen LogP contribution in [0.4, 0.5) is 0 Å². The van der Waals surface area contributed by atoms with Gasteiger partial charge in [0.05, 0.1) is 18.8 Å². The summed E-state index contributed by atoms with van der Waals surface area (Å²) in [5, 5.41) is 20.8. The quantitative estimate of drug-likeness (QED) is 0.113. The zero-order valence-electron chi connectivity index (χ0n) is 21.2. The number of amides is 1. The minimum Gasteiger partial charge on any atom is -0.394 e. The first-order valence-corrected chi connectivity index (χ1v) is 13.0. The molecule has 0 spiro atoms. The molecule has 0 aromatic heterocycles. The smallest absolute Gasteiger partial charge is 0.234 e. The highest BCUT2D eigenvalue weighted by molar-refractivity contribution is 5.47. The molecule has 0 aromatic carbocycles. The Morgan fingerprint density at radius 1 is 0.677 bits per heavy atom. The number of aliphatic hydroxyl groups excluding tert-OH is 2. The predicted octanol–water partition coefficient (Wildman–Crippen LogP) is 6.55. The van der Waals surface area contributed by atoms with E-state index < -0.39 is 11.1 Å². The Morgan fingerprint density at radius 3 is 1.32 bits per heavy atom. The first kappa shape index (κ1) is 30.4. The van der Waals surface area contributed by atoms with Crippen LogP contribution < -0.4 is 0 Å². The molecule has 0 aliphatic rings. The Hall–Kier alpha value is -0.650. The molecule has 0 heterocycles. The fraction of sp³-hybridized carbons (Fsp3) is 0.962. The second kappa shape index (κ2) is 18.9. The van der Waals surface area contributed by atoms with Crippen molar-refractivity contribution >= 4 is 6.41 Å². The summed E-state index contributed by atoms with van der Waals surface area (Å²) in [4.78, 5) is 17.2. The van der Waals surface area contributed by atoms with Gasteiger partial charge in [0.25, 0.3) is 0 Å². The molecule has 0 fully saturated rings. The largest absolute Gasteiger partial charge is 0.394 e. The maximum absolute atomic E-state index is 11.5. The zero-order chi connectivity index (χ0) is 23.4. The Bertz CT molecular complexity index is 405. The van der Waals surface area contributed by atoms with Gasteiger partial charge in [-0.3, -0.25) is 9.63 Å². The summed E-state index contributed by atoms with van der Waals surface area (Å²) in [5.74, 6) is 0. The van der Waals surface area contributed by atoms with Crippen molar-refractivity contribution in [3.05, 3.63) is 0 Å². The van der Waals surface area contributed by atoms with E-state index in [1.165, 1.54) is 83.5 Å². The lowest BCUT2D eigenvalue weighted by atomic mass is 9.93. The van der Waals surface area contributed by atoms with E-state index in [9.17, 15) is 15.0 Å². The van der Waals surface area contributed by atoms with Crippen LogP contribution in [0.25, 0.3) is 0 Å². The Labute approximate surface area is 192 Å². The van der Waals surface area contributed by atoms with Gasteiger partial charge in [0.15, 0.2) is 0 Å². The minimum atomic E-state index is -1.05. The average molecular weight is 444 g/mol. The minimum absolute atomic E-state index is 0.308. The summed E-state index contributed by atoms with van der Waals surface area (Å²) in [6, 6.07) is 0. The lowest BCUT2D eigenvalue weighted by molar-refractivity contribution is -0.268. The molecule has 5 heteroatoms. The molecule has 0 unspecified atom stereocenters. The van der Waals surface area contributed by atoms with Crippen LogP contribution in [0.2, 0.25) is 0 Å². The summed E-state index contributed by atoms with van der Waals surface area (Å²) in [5.41, 5.74) is -1.61. The van der Waals surface area contributed by atoms with Gasteiger partial charge in [-0.15, -0.1) is 0 Å². The van der Waals surface area contributed by atoms with E-state index >= 15 is 0 Å². The van der Waals surface area contributed by atoms with Gasteiger partial charge in [-0.25, -0.2) is 5.06 Å². The molecular weight excluding hydrogens is 390 g/mol. The van der Waals surface area contributed by atoms with Crippen molar-refractivity contribution in [1.82, 2.24) is 5.06 Å². The van der Waals surface area contributed by atoms with Crippen LogP contribution in [0.1, 0.15) is 137 Å². The average Bonchev–Trinajstić information content (AvgIpc) is 2.74. The van der Waals surface area contributed by atoms with E-state index in [0.29, 0.717) is 12.8 Å². The first-order valence-electron chi connectivity index (χ1n) is 13.0. The molecule has 31 heavy (non-hydrogen) atoms. The van der Waals surface area contributed by atoms with Crippen molar-refractivity contribution in [2.24, 2.45) is 0 Å². The van der Waals surface area contributed by atoms with E-state index in [1.807, 2.05) is 20.8 Å². The third-order valence-electron chi connectivity index (χ3n) is 6.02. The number of carbonyl (C=O) groups excluding carboxylic acids is 1. The van der Waals surface area contributed by atoms with Gasteiger partial charge in [-0.05, 0) is 27.2 Å². The molecule has 1 amide bonds. The molecule has 0 radical (unpaired) electrons. The monoisotopic (exact) mass is 443 g/mol. The summed E-state index contributed by atoms with van der Waals surface area (Å²) in [6.45, 7) is 7.19. The molecule has 0 aliphatic carbocycles. The molecule has 0 aliphatic heterocycles. The van der Waals surface area contributed by atoms with E-state index in [1.54, 1.807) is 0 Å². The van der Waals surface area contributed by atoms with Gasteiger partial charge in [-0.1, -0.05) is 110 Å². The number of rotatable bonds is 22. The van der Waals surface area contributed by atoms with Crippen molar-refractivity contribution in [2.45, 2.75) is 148 Å². The predicted molar refractivity (Wildman–Crippen MR) is 130 cm³/mol. The third kappa shape index (κ3) is 15.7. The molecule has 0 saturated carbocycles. The van der Waals surface area contributed by atoms with Gasteiger partial charge >= 0.3 is 0 Å². The van der Waals surface area contributed by atoms with E-state index in [2.05, 4.69) is 6.92 Å². The fourth-order valence-electron chi connectivity index (χ4n) is 3.99. The summed E-state index contributed by atoms with van der Waals surface area (Å²) in [7, 11) is 0. The number of hydrogen-bond donors (Lipinski definition) is 2. The molecule has 0 rings (SSSR count). The fourth-order valence-corrected chi connectivity index (χ4v) is 3.99. The van der Waals surface area contributed by atoms with Crippen molar-refractivity contribution in [3.8, 4) is 0 Å². The molecule has 0 saturated heterocycles. The molecule has 2 N–H and O–H groups in total. The topological polar surface area (TPSA) is 70.0 Å². The zero-order valence-corrected chi connectivity index (χ0v) is 21.2. The number of aliphatic hydroxyl groups is 2. The molecular formula is C26H53NO4. The van der Waals surface area contributed by atoms with Crippen molar-refractivity contribution in [3.63, 3.8) is 0 Å². The number of hydroxylamine groups is 2.